The van der Waals surface area contributed by atoms with Crippen LogP contribution in [0, 0.1) is 0 Å². The molecule has 31 heavy (non-hydrogen) atoms. The van der Waals surface area contributed by atoms with Gasteiger partial charge in [0, 0.05) is 17.5 Å². The summed E-state index contributed by atoms with van der Waals surface area (Å²) in [5.41, 5.74) is 2.05. The minimum absolute atomic E-state index is 0.0276. The molecule has 0 radical (unpaired) electrons. The average molecular weight is 454 g/mol. The Balaban J connectivity index is 1.42. The van der Waals surface area contributed by atoms with Crippen LogP contribution in [0.25, 0.3) is 10.9 Å². The first-order valence-corrected chi connectivity index (χ1v) is 13.0. The van der Waals surface area contributed by atoms with Crippen LogP contribution in [0.3, 0.4) is 0 Å². The van der Waals surface area contributed by atoms with E-state index < -0.39 is 0 Å². The average Bonchev–Trinajstić information content (AvgIpc) is 3.49. The fourth-order valence-corrected chi connectivity index (χ4v) is 6.94. The maximum atomic E-state index is 13.3. The molecule has 1 atom stereocenters. The minimum Gasteiger partial charge on any atom is -0.335 e. The lowest BCUT2D eigenvalue weighted by molar-refractivity contribution is -0.131. The highest BCUT2D eigenvalue weighted by molar-refractivity contribution is 7.99. The lowest BCUT2D eigenvalue weighted by atomic mass is 9.98. The molecule has 1 aliphatic heterocycles. The van der Waals surface area contributed by atoms with Gasteiger partial charge in [-0.1, -0.05) is 43.7 Å². The zero-order valence-electron chi connectivity index (χ0n) is 17.8. The molecule has 0 N–H and O–H groups in total. The Morgan fingerprint density at radius 1 is 1.23 bits per heavy atom. The molecule has 2 aliphatic rings. The van der Waals surface area contributed by atoms with Crippen LogP contribution >= 0.6 is 23.1 Å². The van der Waals surface area contributed by atoms with Crippen molar-refractivity contribution in [3.8, 4) is 0 Å². The van der Waals surface area contributed by atoms with Crippen molar-refractivity contribution in [2.45, 2.75) is 62.7 Å². The van der Waals surface area contributed by atoms with Gasteiger partial charge in [0.2, 0.25) is 5.91 Å². The first kappa shape index (κ1) is 20.8. The van der Waals surface area contributed by atoms with Gasteiger partial charge in [0.25, 0.3) is 5.56 Å². The van der Waals surface area contributed by atoms with E-state index in [1.807, 2.05) is 33.7 Å². The lowest BCUT2D eigenvalue weighted by Crippen LogP contribution is -2.40. The quantitative estimate of drug-likeness (QED) is 0.393. The van der Waals surface area contributed by atoms with Crippen LogP contribution in [0.5, 0.6) is 0 Å². The van der Waals surface area contributed by atoms with Crippen LogP contribution in [-0.4, -0.2) is 32.7 Å². The van der Waals surface area contributed by atoms with Crippen molar-refractivity contribution in [2.24, 2.45) is 0 Å². The Bertz CT molecular complexity index is 1160. The number of thiophene rings is 1. The summed E-state index contributed by atoms with van der Waals surface area (Å²) in [6.45, 7) is 2.92. The number of hydrogen-bond acceptors (Lipinski definition) is 5. The molecule has 3 heterocycles. The van der Waals surface area contributed by atoms with E-state index in [2.05, 4.69) is 18.4 Å². The van der Waals surface area contributed by atoms with Crippen LogP contribution in [-0.2, 0) is 11.2 Å². The number of nitrogens with zero attached hydrogens (tertiary/aromatic N) is 3. The molecule has 162 valence electrons. The summed E-state index contributed by atoms with van der Waals surface area (Å²) in [4.78, 5) is 34.8. The van der Waals surface area contributed by atoms with E-state index in [0.717, 1.165) is 45.1 Å². The Morgan fingerprint density at radius 3 is 2.84 bits per heavy atom. The van der Waals surface area contributed by atoms with Crippen LogP contribution in [0.1, 0.15) is 61.6 Å². The maximum absolute atomic E-state index is 13.3. The summed E-state index contributed by atoms with van der Waals surface area (Å²) < 4.78 is 1.87. The zero-order chi connectivity index (χ0) is 21.4. The maximum Gasteiger partial charge on any atom is 0.262 e. The van der Waals surface area contributed by atoms with Crippen LogP contribution < -0.4 is 5.56 Å². The lowest BCUT2D eigenvalue weighted by Gasteiger charge is -2.35. The third-order valence-corrected chi connectivity index (χ3v) is 8.53. The molecule has 1 fully saturated rings. The van der Waals surface area contributed by atoms with E-state index in [9.17, 15) is 9.59 Å². The molecular formula is C24H27N3O2S2. The molecule has 2 aromatic heterocycles. The third kappa shape index (κ3) is 3.82. The first-order valence-electron chi connectivity index (χ1n) is 11.2. The monoisotopic (exact) mass is 453 g/mol. The SMILES string of the molecule is CCC1c2ccsc2CCN1C(=O)CSc1nc2ccccc2c(=O)n1C1CCCC1. The van der Waals surface area contributed by atoms with Gasteiger partial charge < -0.3 is 4.90 Å². The first-order chi connectivity index (χ1) is 15.2. The van der Waals surface area contributed by atoms with Gasteiger partial charge in [-0.15, -0.1) is 11.3 Å². The van der Waals surface area contributed by atoms with Gasteiger partial charge in [-0.3, -0.25) is 14.2 Å². The van der Waals surface area contributed by atoms with Gasteiger partial charge >= 0.3 is 0 Å². The van der Waals surface area contributed by atoms with E-state index >= 15 is 0 Å². The van der Waals surface area contributed by atoms with Crippen molar-refractivity contribution >= 4 is 39.9 Å². The Kier molecular flexibility index (Phi) is 5.89. The van der Waals surface area contributed by atoms with E-state index in [4.69, 9.17) is 4.98 Å². The van der Waals surface area contributed by atoms with Crippen LogP contribution in [0.15, 0.2) is 45.7 Å². The molecule has 1 saturated carbocycles. The molecule has 7 heteroatoms. The van der Waals surface area contributed by atoms with E-state index in [1.165, 1.54) is 22.2 Å². The number of rotatable bonds is 5. The van der Waals surface area contributed by atoms with Crippen molar-refractivity contribution in [1.82, 2.24) is 14.5 Å². The largest absolute Gasteiger partial charge is 0.335 e. The van der Waals surface area contributed by atoms with Gasteiger partial charge in [0.1, 0.15) is 0 Å². The smallest absolute Gasteiger partial charge is 0.262 e. The Hall–Kier alpha value is -2.12. The summed E-state index contributed by atoms with van der Waals surface area (Å²) in [5.74, 6) is 0.446. The predicted molar refractivity (Wildman–Crippen MR) is 127 cm³/mol. The number of hydrogen-bond donors (Lipinski definition) is 0. The summed E-state index contributed by atoms with van der Waals surface area (Å²) in [6, 6.07) is 10.1. The van der Waals surface area contributed by atoms with Gasteiger partial charge in [-0.25, -0.2) is 4.98 Å². The Morgan fingerprint density at radius 2 is 2.03 bits per heavy atom. The van der Waals surface area contributed by atoms with Crippen molar-refractivity contribution < 1.29 is 4.79 Å². The fraction of sp³-hybridized carbons (Fsp3) is 0.458. The molecule has 5 nitrogen and oxygen atoms in total. The van der Waals surface area contributed by atoms with Gasteiger partial charge in [-0.2, -0.15) is 0 Å². The molecule has 0 spiro atoms. The van der Waals surface area contributed by atoms with E-state index in [1.54, 1.807) is 11.3 Å². The third-order valence-electron chi connectivity index (χ3n) is 6.59. The van der Waals surface area contributed by atoms with E-state index in [0.29, 0.717) is 21.8 Å². The predicted octanol–water partition coefficient (Wildman–Crippen LogP) is 5.20. The fourth-order valence-electron chi connectivity index (χ4n) is 5.06. The molecule has 1 aromatic carbocycles. The standard InChI is InChI=1S/C24H27N3O2S2/c1-2-20-18-12-14-30-21(18)11-13-26(20)22(28)15-31-24-25-19-10-6-5-9-17(19)23(29)27(24)16-7-3-4-8-16/h5-6,9-10,12,14,16,20H,2-4,7-8,11,13,15H2,1H3. The van der Waals surface area contributed by atoms with Crippen molar-refractivity contribution in [3.05, 3.63) is 56.5 Å². The topological polar surface area (TPSA) is 55.2 Å². The number of carbonyl (C=O) groups is 1. The summed E-state index contributed by atoms with van der Waals surface area (Å²) in [7, 11) is 0. The van der Waals surface area contributed by atoms with Crippen molar-refractivity contribution in [3.63, 3.8) is 0 Å². The highest BCUT2D eigenvalue weighted by Gasteiger charge is 2.31. The molecule has 1 amide bonds. The normalized spacial score (nSPS) is 19.1. The summed E-state index contributed by atoms with van der Waals surface area (Å²) >= 11 is 3.22. The second-order valence-corrected chi connectivity index (χ2v) is 10.3. The van der Waals surface area contributed by atoms with Crippen LogP contribution in [0.2, 0.25) is 0 Å². The molecule has 0 bridgehead atoms. The number of aromatic nitrogens is 2. The number of para-hydroxylation sites is 1. The molecule has 1 aliphatic carbocycles. The van der Waals surface area contributed by atoms with Gasteiger partial charge in [0.05, 0.1) is 22.7 Å². The van der Waals surface area contributed by atoms with Crippen molar-refractivity contribution in [2.75, 3.05) is 12.3 Å². The number of amides is 1. The second-order valence-electron chi connectivity index (χ2n) is 8.37. The van der Waals surface area contributed by atoms with Gasteiger partial charge in [0.15, 0.2) is 5.16 Å². The molecule has 5 rings (SSSR count). The minimum atomic E-state index is 0.0276. The van der Waals surface area contributed by atoms with E-state index in [-0.39, 0.29) is 23.6 Å². The number of fused-ring (bicyclic) bond motifs is 2. The Labute approximate surface area is 190 Å². The highest BCUT2D eigenvalue weighted by atomic mass is 32.2. The zero-order valence-corrected chi connectivity index (χ0v) is 19.4. The summed E-state index contributed by atoms with van der Waals surface area (Å²) in [6.07, 6.45) is 6.14. The van der Waals surface area contributed by atoms with Gasteiger partial charge in [-0.05, 0) is 54.8 Å². The van der Waals surface area contributed by atoms with Crippen molar-refractivity contribution in [1.29, 1.82) is 0 Å². The molecule has 0 saturated heterocycles. The second kappa shape index (κ2) is 8.79. The molecule has 1 unspecified atom stereocenters. The molecular weight excluding hydrogens is 426 g/mol. The molecule has 3 aromatic rings. The highest BCUT2D eigenvalue weighted by Crippen LogP contribution is 2.36. The van der Waals surface area contributed by atoms with Crippen LogP contribution in [0.4, 0.5) is 0 Å². The number of carbonyl (C=O) groups excluding carboxylic acids is 1. The number of thioether (sulfide) groups is 1. The summed E-state index contributed by atoms with van der Waals surface area (Å²) in [5, 5.41) is 3.48. The number of benzene rings is 1.